The summed E-state index contributed by atoms with van der Waals surface area (Å²) in [5.74, 6) is 0. The van der Waals surface area contributed by atoms with Gasteiger partial charge in [0, 0.05) is 6.54 Å². The third-order valence-electron chi connectivity index (χ3n) is 2.68. The van der Waals surface area contributed by atoms with Gasteiger partial charge in [0.1, 0.15) is 5.01 Å². The van der Waals surface area contributed by atoms with Crippen molar-refractivity contribution in [3.63, 3.8) is 0 Å². The average molecular weight is 259 g/mol. The molecular weight excluding hydrogens is 246 g/mol. The molecule has 0 aliphatic carbocycles. The second kappa shape index (κ2) is 4.47. The summed E-state index contributed by atoms with van der Waals surface area (Å²) in [7, 11) is 0. The number of aryl methyl sites for hydroxylation is 1. The van der Waals surface area contributed by atoms with Crippen LogP contribution in [0.2, 0.25) is 0 Å². The van der Waals surface area contributed by atoms with Crippen molar-refractivity contribution in [3.05, 3.63) is 40.7 Å². The summed E-state index contributed by atoms with van der Waals surface area (Å²) in [6, 6.07) is 6.29. The number of thiazole rings is 1. The van der Waals surface area contributed by atoms with E-state index in [0.29, 0.717) is 13.1 Å². The van der Waals surface area contributed by atoms with E-state index in [0.717, 1.165) is 16.2 Å². The molecule has 3 rings (SSSR count). The first-order valence-electron chi connectivity index (χ1n) is 5.70. The summed E-state index contributed by atoms with van der Waals surface area (Å²) in [6.45, 7) is 3.15. The molecule has 0 bridgehead atoms. The van der Waals surface area contributed by atoms with Crippen LogP contribution in [0.25, 0.3) is 10.2 Å². The molecule has 1 aromatic carbocycles. The SMILES string of the molecule is Cc1ccc2nc(Cn3cc(CN)nn3)sc2c1. The van der Waals surface area contributed by atoms with Crippen LogP contribution >= 0.6 is 11.3 Å². The molecule has 0 atom stereocenters. The van der Waals surface area contributed by atoms with Crippen molar-refractivity contribution in [2.24, 2.45) is 5.73 Å². The summed E-state index contributed by atoms with van der Waals surface area (Å²) in [6.07, 6.45) is 1.86. The van der Waals surface area contributed by atoms with E-state index in [-0.39, 0.29) is 0 Å². The minimum Gasteiger partial charge on any atom is -0.325 e. The highest BCUT2D eigenvalue weighted by molar-refractivity contribution is 7.18. The fourth-order valence-corrected chi connectivity index (χ4v) is 2.85. The number of benzene rings is 1. The third kappa shape index (κ3) is 2.12. The molecule has 5 nitrogen and oxygen atoms in total. The highest BCUT2D eigenvalue weighted by atomic mass is 32.1. The lowest BCUT2D eigenvalue weighted by molar-refractivity contribution is 0.647. The molecule has 2 aromatic heterocycles. The van der Waals surface area contributed by atoms with Gasteiger partial charge in [-0.1, -0.05) is 11.3 Å². The van der Waals surface area contributed by atoms with Crippen molar-refractivity contribution in [1.29, 1.82) is 0 Å². The van der Waals surface area contributed by atoms with Crippen LogP contribution in [0.5, 0.6) is 0 Å². The Morgan fingerprint density at radius 2 is 2.28 bits per heavy atom. The van der Waals surface area contributed by atoms with E-state index in [1.807, 2.05) is 6.20 Å². The van der Waals surface area contributed by atoms with Crippen LogP contribution in [-0.2, 0) is 13.1 Å². The molecule has 3 aromatic rings. The lowest BCUT2D eigenvalue weighted by Crippen LogP contribution is -1.99. The zero-order valence-electron chi connectivity index (χ0n) is 10.00. The Morgan fingerprint density at radius 1 is 1.39 bits per heavy atom. The standard InChI is InChI=1S/C12H13N5S/c1-8-2-3-10-11(4-8)18-12(14-10)7-17-6-9(5-13)15-16-17/h2-4,6H,5,7,13H2,1H3. The Kier molecular flexibility index (Phi) is 2.81. The molecule has 2 heterocycles. The largest absolute Gasteiger partial charge is 0.325 e. The smallest absolute Gasteiger partial charge is 0.115 e. The summed E-state index contributed by atoms with van der Waals surface area (Å²) >= 11 is 1.69. The quantitative estimate of drug-likeness (QED) is 0.777. The minimum absolute atomic E-state index is 0.416. The monoisotopic (exact) mass is 259 g/mol. The molecule has 0 saturated heterocycles. The Hall–Kier alpha value is -1.79. The maximum absolute atomic E-state index is 5.51. The van der Waals surface area contributed by atoms with E-state index in [1.165, 1.54) is 10.3 Å². The lowest BCUT2D eigenvalue weighted by atomic mass is 10.2. The van der Waals surface area contributed by atoms with Crippen molar-refractivity contribution in [3.8, 4) is 0 Å². The Bertz CT molecular complexity index is 685. The molecule has 2 N–H and O–H groups in total. The number of hydrogen-bond donors (Lipinski definition) is 1. The van der Waals surface area contributed by atoms with Crippen LogP contribution in [0.1, 0.15) is 16.3 Å². The van der Waals surface area contributed by atoms with Gasteiger partial charge in [-0.3, -0.25) is 0 Å². The van der Waals surface area contributed by atoms with Gasteiger partial charge < -0.3 is 5.73 Å². The van der Waals surface area contributed by atoms with Gasteiger partial charge in [0.25, 0.3) is 0 Å². The number of hydrogen-bond acceptors (Lipinski definition) is 5. The zero-order chi connectivity index (χ0) is 12.5. The van der Waals surface area contributed by atoms with Crippen LogP contribution < -0.4 is 5.73 Å². The van der Waals surface area contributed by atoms with Gasteiger partial charge in [-0.15, -0.1) is 16.4 Å². The first-order chi connectivity index (χ1) is 8.74. The Balaban J connectivity index is 1.90. The van der Waals surface area contributed by atoms with Crippen molar-refractivity contribution in [2.45, 2.75) is 20.0 Å². The van der Waals surface area contributed by atoms with Gasteiger partial charge in [-0.2, -0.15) is 0 Å². The molecule has 18 heavy (non-hydrogen) atoms. The van der Waals surface area contributed by atoms with Crippen molar-refractivity contribution in [1.82, 2.24) is 20.0 Å². The minimum atomic E-state index is 0.416. The second-order valence-electron chi connectivity index (χ2n) is 4.19. The van der Waals surface area contributed by atoms with Crippen LogP contribution in [-0.4, -0.2) is 20.0 Å². The number of fused-ring (bicyclic) bond motifs is 1. The lowest BCUT2D eigenvalue weighted by Gasteiger charge is -1.93. The maximum Gasteiger partial charge on any atom is 0.115 e. The van der Waals surface area contributed by atoms with E-state index < -0.39 is 0 Å². The van der Waals surface area contributed by atoms with E-state index in [9.17, 15) is 0 Å². The van der Waals surface area contributed by atoms with Gasteiger partial charge in [-0.05, 0) is 24.6 Å². The molecule has 0 unspecified atom stereocenters. The Labute approximate surface area is 108 Å². The predicted octanol–water partition coefficient (Wildman–Crippen LogP) is 1.70. The van der Waals surface area contributed by atoms with Crippen molar-refractivity contribution < 1.29 is 0 Å². The van der Waals surface area contributed by atoms with Gasteiger partial charge >= 0.3 is 0 Å². The Morgan fingerprint density at radius 3 is 3.06 bits per heavy atom. The maximum atomic E-state index is 5.51. The third-order valence-corrected chi connectivity index (χ3v) is 3.68. The predicted molar refractivity (Wildman–Crippen MR) is 71.4 cm³/mol. The first-order valence-corrected chi connectivity index (χ1v) is 6.51. The first kappa shape index (κ1) is 11.3. The summed E-state index contributed by atoms with van der Waals surface area (Å²) < 4.78 is 2.98. The van der Waals surface area contributed by atoms with Crippen molar-refractivity contribution >= 4 is 21.6 Å². The molecule has 0 spiro atoms. The topological polar surface area (TPSA) is 69.6 Å². The number of nitrogens with two attached hydrogens (primary N) is 1. The number of aromatic nitrogens is 4. The molecule has 6 heteroatoms. The van der Waals surface area contributed by atoms with Crippen LogP contribution in [0.4, 0.5) is 0 Å². The molecule has 0 radical (unpaired) electrons. The van der Waals surface area contributed by atoms with E-state index in [2.05, 4.69) is 40.4 Å². The van der Waals surface area contributed by atoms with Gasteiger partial charge in [0.2, 0.25) is 0 Å². The fourth-order valence-electron chi connectivity index (χ4n) is 1.80. The van der Waals surface area contributed by atoms with E-state index in [4.69, 9.17) is 5.73 Å². The molecule has 0 aliphatic rings. The summed E-state index contributed by atoms with van der Waals surface area (Å²) in [5.41, 5.74) is 8.60. The average Bonchev–Trinajstić information content (AvgIpc) is 2.95. The normalized spacial score (nSPS) is 11.2. The molecular formula is C12H13N5S. The van der Waals surface area contributed by atoms with E-state index >= 15 is 0 Å². The molecule has 92 valence electrons. The second-order valence-corrected chi connectivity index (χ2v) is 5.31. The van der Waals surface area contributed by atoms with Crippen LogP contribution in [0.3, 0.4) is 0 Å². The number of rotatable bonds is 3. The van der Waals surface area contributed by atoms with E-state index in [1.54, 1.807) is 16.0 Å². The molecule has 0 saturated carbocycles. The van der Waals surface area contributed by atoms with Crippen molar-refractivity contribution in [2.75, 3.05) is 0 Å². The fraction of sp³-hybridized carbons (Fsp3) is 0.250. The highest BCUT2D eigenvalue weighted by Gasteiger charge is 2.06. The van der Waals surface area contributed by atoms with Gasteiger partial charge in [-0.25, -0.2) is 9.67 Å². The molecule has 0 amide bonds. The highest BCUT2D eigenvalue weighted by Crippen LogP contribution is 2.23. The summed E-state index contributed by atoms with van der Waals surface area (Å²) in [4.78, 5) is 4.58. The van der Waals surface area contributed by atoms with Gasteiger partial charge in [0.15, 0.2) is 0 Å². The molecule has 0 fully saturated rings. The van der Waals surface area contributed by atoms with Gasteiger partial charge in [0.05, 0.1) is 28.7 Å². The summed E-state index contributed by atoms with van der Waals surface area (Å²) in [5, 5.41) is 9.02. The number of nitrogens with zero attached hydrogens (tertiary/aromatic N) is 4. The zero-order valence-corrected chi connectivity index (χ0v) is 10.8. The van der Waals surface area contributed by atoms with Crippen LogP contribution in [0, 0.1) is 6.92 Å². The molecule has 0 aliphatic heterocycles. The van der Waals surface area contributed by atoms with Crippen LogP contribution in [0.15, 0.2) is 24.4 Å².